The maximum absolute atomic E-state index is 11.6. The summed E-state index contributed by atoms with van der Waals surface area (Å²) in [6.07, 6.45) is 0. The van der Waals surface area contributed by atoms with Crippen molar-refractivity contribution in [3.8, 4) is 0 Å². The molecule has 1 rings (SSSR count). The van der Waals surface area contributed by atoms with E-state index >= 15 is 0 Å². The van der Waals surface area contributed by atoms with Crippen LogP contribution < -0.4 is 4.72 Å². The molecular formula is C10H12BrNO4S. The third-order valence-corrected chi connectivity index (χ3v) is 3.95. The molecule has 0 saturated carbocycles. The Bertz CT molecular complexity index is 498. The zero-order valence-electron chi connectivity index (χ0n) is 9.05. The topological polar surface area (TPSA) is 83.5 Å². The van der Waals surface area contributed by atoms with Crippen LogP contribution in [0.25, 0.3) is 0 Å². The predicted octanol–water partition coefficient (Wildman–Crippen LogP) is 1.34. The van der Waals surface area contributed by atoms with Crippen molar-refractivity contribution < 1.29 is 18.3 Å². The second kappa shape index (κ2) is 5.61. The fraction of sp³-hybridized carbons (Fsp3) is 0.300. The lowest BCUT2D eigenvalue weighted by Gasteiger charge is -2.10. The van der Waals surface area contributed by atoms with Crippen LogP contribution in [0.3, 0.4) is 0 Å². The van der Waals surface area contributed by atoms with Gasteiger partial charge in [0.1, 0.15) is 6.04 Å². The van der Waals surface area contributed by atoms with Gasteiger partial charge >= 0.3 is 5.97 Å². The molecule has 0 heterocycles. The fourth-order valence-corrected chi connectivity index (χ4v) is 2.78. The second-order valence-electron chi connectivity index (χ2n) is 3.56. The van der Waals surface area contributed by atoms with Crippen molar-refractivity contribution in [2.75, 3.05) is 0 Å². The first-order valence-corrected chi connectivity index (χ1v) is 7.22. The van der Waals surface area contributed by atoms with Crippen LogP contribution in [0.15, 0.2) is 28.7 Å². The van der Waals surface area contributed by atoms with Crippen molar-refractivity contribution in [2.45, 2.75) is 18.7 Å². The van der Waals surface area contributed by atoms with Gasteiger partial charge in [-0.05, 0) is 24.6 Å². The van der Waals surface area contributed by atoms with E-state index in [0.717, 1.165) is 4.47 Å². The highest BCUT2D eigenvalue weighted by atomic mass is 79.9. The third kappa shape index (κ3) is 4.84. The van der Waals surface area contributed by atoms with Crippen molar-refractivity contribution in [2.24, 2.45) is 0 Å². The molecule has 0 radical (unpaired) electrons. The van der Waals surface area contributed by atoms with Crippen LogP contribution in [0, 0.1) is 0 Å². The first kappa shape index (κ1) is 14.1. The van der Waals surface area contributed by atoms with Crippen LogP contribution in [0.2, 0.25) is 0 Å². The van der Waals surface area contributed by atoms with Gasteiger partial charge in [0.05, 0.1) is 5.75 Å². The van der Waals surface area contributed by atoms with Crippen LogP contribution in [0.4, 0.5) is 0 Å². The van der Waals surface area contributed by atoms with E-state index in [1.54, 1.807) is 24.3 Å². The first-order valence-electron chi connectivity index (χ1n) is 4.77. The molecule has 1 atom stereocenters. The van der Waals surface area contributed by atoms with Gasteiger partial charge in [-0.2, -0.15) is 0 Å². The van der Waals surface area contributed by atoms with E-state index in [1.807, 2.05) is 0 Å². The van der Waals surface area contributed by atoms with E-state index in [1.165, 1.54) is 6.92 Å². The Morgan fingerprint density at radius 1 is 1.41 bits per heavy atom. The molecule has 5 nitrogen and oxygen atoms in total. The maximum Gasteiger partial charge on any atom is 0.321 e. The highest BCUT2D eigenvalue weighted by Crippen LogP contribution is 2.12. The fourth-order valence-electron chi connectivity index (χ4n) is 1.16. The van der Waals surface area contributed by atoms with Gasteiger partial charge < -0.3 is 5.11 Å². The maximum atomic E-state index is 11.6. The number of carbonyl (C=O) groups is 1. The molecule has 0 aliphatic rings. The van der Waals surface area contributed by atoms with Gasteiger partial charge in [-0.15, -0.1) is 0 Å². The lowest BCUT2D eigenvalue weighted by atomic mass is 10.2. The molecule has 0 aliphatic carbocycles. The van der Waals surface area contributed by atoms with Crippen LogP contribution in [0.5, 0.6) is 0 Å². The van der Waals surface area contributed by atoms with Crippen molar-refractivity contribution in [1.29, 1.82) is 0 Å². The Kier molecular flexibility index (Phi) is 4.67. The summed E-state index contributed by atoms with van der Waals surface area (Å²) >= 11 is 3.24. The summed E-state index contributed by atoms with van der Waals surface area (Å²) < 4.78 is 26.2. The Morgan fingerprint density at radius 3 is 2.41 bits per heavy atom. The molecule has 2 N–H and O–H groups in total. The second-order valence-corrected chi connectivity index (χ2v) is 6.23. The van der Waals surface area contributed by atoms with Gasteiger partial charge in [-0.1, -0.05) is 28.1 Å². The van der Waals surface area contributed by atoms with E-state index in [0.29, 0.717) is 5.56 Å². The summed E-state index contributed by atoms with van der Waals surface area (Å²) in [5, 5.41) is 8.61. The van der Waals surface area contributed by atoms with Crippen molar-refractivity contribution in [3.05, 3.63) is 34.3 Å². The van der Waals surface area contributed by atoms with E-state index in [2.05, 4.69) is 20.7 Å². The van der Waals surface area contributed by atoms with Crippen molar-refractivity contribution in [3.63, 3.8) is 0 Å². The SMILES string of the molecule is C[C@H](NS(=O)(=O)Cc1ccc(Br)cc1)C(=O)O. The molecule has 0 aliphatic heterocycles. The average Bonchev–Trinajstić information content (AvgIpc) is 2.20. The lowest BCUT2D eigenvalue weighted by molar-refractivity contribution is -0.138. The van der Waals surface area contributed by atoms with Gasteiger partial charge in [-0.3, -0.25) is 4.79 Å². The van der Waals surface area contributed by atoms with E-state index in [-0.39, 0.29) is 5.75 Å². The number of rotatable bonds is 5. The third-order valence-electron chi connectivity index (χ3n) is 2.00. The molecule has 0 bridgehead atoms. The molecule has 0 aromatic heterocycles. The van der Waals surface area contributed by atoms with Crippen LogP contribution in [0.1, 0.15) is 12.5 Å². The van der Waals surface area contributed by atoms with Crippen LogP contribution in [-0.2, 0) is 20.6 Å². The molecule has 1 aromatic carbocycles. The summed E-state index contributed by atoms with van der Waals surface area (Å²) in [6.45, 7) is 1.28. The molecule has 1 aromatic rings. The highest BCUT2D eigenvalue weighted by molar-refractivity contribution is 9.10. The zero-order valence-corrected chi connectivity index (χ0v) is 11.5. The van der Waals surface area contributed by atoms with Gasteiger partial charge in [0, 0.05) is 4.47 Å². The minimum Gasteiger partial charge on any atom is -0.480 e. The summed E-state index contributed by atoms with van der Waals surface area (Å²) in [7, 11) is -3.64. The summed E-state index contributed by atoms with van der Waals surface area (Å²) in [5.74, 6) is -1.44. The van der Waals surface area contributed by atoms with E-state index in [9.17, 15) is 13.2 Å². The number of sulfonamides is 1. The van der Waals surface area contributed by atoms with Gasteiger partial charge in [0.2, 0.25) is 10.0 Å². The molecule has 0 spiro atoms. The Balaban J connectivity index is 2.73. The first-order chi connectivity index (χ1) is 7.80. The zero-order chi connectivity index (χ0) is 13.1. The monoisotopic (exact) mass is 321 g/mol. The number of carboxylic acids is 1. The minimum atomic E-state index is -3.64. The van der Waals surface area contributed by atoms with Crippen LogP contribution in [-0.4, -0.2) is 25.5 Å². The van der Waals surface area contributed by atoms with Crippen LogP contribution >= 0.6 is 15.9 Å². The quantitative estimate of drug-likeness (QED) is 0.857. The number of hydrogen-bond acceptors (Lipinski definition) is 3. The number of aliphatic carboxylic acids is 1. The van der Waals surface area contributed by atoms with Crippen molar-refractivity contribution in [1.82, 2.24) is 4.72 Å². The molecule has 0 unspecified atom stereocenters. The van der Waals surface area contributed by atoms with E-state index in [4.69, 9.17) is 5.11 Å². The lowest BCUT2D eigenvalue weighted by Crippen LogP contribution is -2.38. The smallest absolute Gasteiger partial charge is 0.321 e. The summed E-state index contributed by atoms with van der Waals surface area (Å²) in [5.41, 5.74) is 0.596. The predicted molar refractivity (Wildman–Crippen MR) is 67.0 cm³/mol. The number of carboxylic acid groups (broad SMARTS) is 1. The molecule has 17 heavy (non-hydrogen) atoms. The highest BCUT2D eigenvalue weighted by Gasteiger charge is 2.19. The molecule has 0 amide bonds. The molecular weight excluding hydrogens is 310 g/mol. The Hall–Kier alpha value is -0.920. The molecule has 7 heteroatoms. The van der Waals surface area contributed by atoms with Gasteiger partial charge in [0.15, 0.2) is 0 Å². The number of nitrogens with one attached hydrogen (secondary N) is 1. The van der Waals surface area contributed by atoms with Crippen molar-refractivity contribution >= 4 is 31.9 Å². The standard InChI is InChI=1S/C10H12BrNO4S/c1-7(10(13)14)12-17(15,16)6-8-2-4-9(11)5-3-8/h2-5,7,12H,6H2,1H3,(H,13,14)/t7-/m0/s1. The largest absolute Gasteiger partial charge is 0.480 e. The molecule has 94 valence electrons. The Labute approximate surface area is 108 Å². The van der Waals surface area contributed by atoms with E-state index < -0.39 is 22.0 Å². The minimum absolute atomic E-state index is 0.238. The number of benzene rings is 1. The van der Waals surface area contributed by atoms with Gasteiger partial charge in [-0.25, -0.2) is 13.1 Å². The normalized spacial score (nSPS) is 13.3. The molecule has 0 saturated heterocycles. The summed E-state index contributed by atoms with van der Waals surface area (Å²) in [6, 6.07) is 5.65. The Morgan fingerprint density at radius 2 is 1.94 bits per heavy atom. The number of halogens is 1. The number of hydrogen-bond donors (Lipinski definition) is 2. The average molecular weight is 322 g/mol. The van der Waals surface area contributed by atoms with Gasteiger partial charge in [0.25, 0.3) is 0 Å². The molecule has 0 fully saturated rings. The summed E-state index contributed by atoms with van der Waals surface area (Å²) in [4.78, 5) is 10.5.